The predicted octanol–water partition coefficient (Wildman–Crippen LogP) is 5.30. The van der Waals surface area contributed by atoms with E-state index in [2.05, 4.69) is 76.2 Å². The third kappa shape index (κ3) is 6.33. The molecular formula is C18H24BrNS. The van der Waals surface area contributed by atoms with Crippen LogP contribution in [0.15, 0.2) is 45.6 Å². The van der Waals surface area contributed by atoms with E-state index in [9.17, 15) is 0 Å². The minimum absolute atomic E-state index is 0.554. The molecule has 1 aromatic carbocycles. The van der Waals surface area contributed by atoms with Gasteiger partial charge in [-0.25, -0.2) is 0 Å². The highest BCUT2D eigenvalue weighted by molar-refractivity contribution is 9.10. The molecule has 1 nitrogen and oxygen atoms in total. The van der Waals surface area contributed by atoms with Crippen LogP contribution in [0.25, 0.3) is 0 Å². The van der Waals surface area contributed by atoms with Crippen molar-refractivity contribution in [3.8, 4) is 0 Å². The number of halogens is 1. The first-order valence-electron chi connectivity index (χ1n) is 7.62. The SMILES string of the molecule is CC(C)NCC(CCc1ccsc1)Cc1ccc(Br)cc1. The Kier molecular flexibility index (Phi) is 6.94. The number of aryl methyl sites for hydroxylation is 1. The monoisotopic (exact) mass is 365 g/mol. The second kappa shape index (κ2) is 8.72. The topological polar surface area (TPSA) is 12.0 Å². The quantitative estimate of drug-likeness (QED) is 0.668. The summed E-state index contributed by atoms with van der Waals surface area (Å²) >= 11 is 5.30. The van der Waals surface area contributed by atoms with E-state index in [0.29, 0.717) is 12.0 Å². The molecule has 0 saturated carbocycles. The van der Waals surface area contributed by atoms with Crippen LogP contribution in [0.1, 0.15) is 31.4 Å². The zero-order chi connectivity index (χ0) is 15.1. The fraction of sp³-hybridized carbons (Fsp3) is 0.444. The van der Waals surface area contributed by atoms with E-state index in [1.165, 1.54) is 24.0 Å². The molecule has 0 aliphatic heterocycles. The lowest BCUT2D eigenvalue weighted by atomic mass is 9.93. The van der Waals surface area contributed by atoms with E-state index in [1.54, 1.807) is 11.3 Å². The van der Waals surface area contributed by atoms with Crippen molar-refractivity contribution in [1.29, 1.82) is 0 Å². The lowest BCUT2D eigenvalue weighted by Crippen LogP contribution is -2.30. The van der Waals surface area contributed by atoms with Gasteiger partial charge in [0.05, 0.1) is 0 Å². The molecule has 1 aromatic heterocycles. The van der Waals surface area contributed by atoms with Crippen LogP contribution in [0.5, 0.6) is 0 Å². The molecule has 1 heterocycles. The molecule has 1 atom stereocenters. The van der Waals surface area contributed by atoms with Gasteiger partial charge in [-0.2, -0.15) is 11.3 Å². The van der Waals surface area contributed by atoms with Crippen LogP contribution >= 0.6 is 27.3 Å². The van der Waals surface area contributed by atoms with Gasteiger partial charge >= 0.3 is 0 Å². The summed E-state index contributed by atoms with van der Waals surface area (Å²) in [5.41, 5.74) is 2.91. The first kappa shape index (κ1) is 16.7. The smallest absolute Gasteiger partial charge is 0.0175 e. The second-order valence-electron chi connectivity index (χ2n) is 5.93. The van der Waals surface area contributed by atoms with E-state index >= 15 is 0 Å². The highest BCUT2D eigenvalue weighted by Gasteiger charge is 2.11. The number of nitrogens with one attached hydrogen (secondary N) is 1. The molecule has 114 valence electrons. The summed E-state index contributed by atoms with van der Waals surface area (Å²) < 4.78 is 1.15. The van der Waals surface area contributed by atoms with Gasteiger partial charge in [0.25, 0.3) is 0 Å². The van der Waals surface area contributed by atoms with Crippen LogP contribution < -0.4 is 5.32 Å². The second-order valence-corrected chi connectivity index (χ2v) is 7.63. The molecule has 0 saturated heterocycles. The summed E-state index contributed by atoms with van der Waals surface area (Å²) in [7, 11) is 0. The molecule has 0 aliphatic rings. The van der Waals surface area contributed by atoms with Gasteiger partial charge < -0.3 is 5.32 Å². The van der Waals surface area contributed by atoms with Crippen LogP contribution in [0.2, 0.25) is 0 Å². The highest BCUT2D eigenvalue weighted by atomic mass is 79.9. The Morgan fingerprint density at radius 3 is 2.48 bits per heavy atom. The number of hydrogen-bond donors (Lipinski definition) is 1. The minimum Gasteiger partial charge on any atom is -0.314 e. The average molecular weight is 366 g/mol. The molecule has 0 amide bonds. The van der Waals surface area contributed by atoms with E-state index < -0.39 is 0 Å². The molecule has 21 heavy (non-hydrogen) atoms. The Morgan fingerprint density at radius 1 is 1.10 bits per heavy atom. The fourth-order valence-corrected chi connectivity index (χ4v) is 3.41. The molecule has 0 bridgehead atoms. The average Bonchev–Trinajstić information content (AvgIpc) is 2.97. The summed E-state index contributed by atoms with van der Waals surface area (Å²) in [5, 5.41) is 8.04. The summed E-state index contributed by atoms with van der Waals surface area (Å²) in [5.74, 6) is 0.688. The van der Waals surface area contributed by atoms with Crippen LogP contribution in [0.3, 0.4) is 0 Å². The van der Waals surface area contributed by atoms with Gasteiger partial charge in [-0.05, 0) is 71.8 Å². The maximum atomic E-state index is 3.60. The molecule has 1 N–H and O–H groups in total. The van der Waals surface area contributed by atoms with E-state index in [-0.39, 0.29) is 0 Å². The molecule has 0 radical (unpaired) electrons. The molecule has 0 fully saturated rings. The van der Waals surface area contributed by atoms with Crippen molar-refractivity contribution < 1.29 is 0 Å². The zero-order valence-corrected chi connectivity index (χ0v) is 15.2. The predicted molar refractivity (Wildman–Crippen MR) is 97.1 cm³/mol. The van der Waals surface area contributed by atoms with Crippen molar-refractivity contribution in [2.75, 3.05) is 6.54 Å². The van der Waals surface area contributed by atoms with Gasteiger partial charge in [0.2, 0.25) is 0 Å². The maximum absolute atomic E-state index is 3.60. The number of benzene rings is 1. The van der Waals surface area contributed by atoms with Crippen LogP contribution in [0, 0.1) is 5.92 Å². The third-order valence-corrected chi connectivity index (χ3v) is 4.93. The van der Waals surface area contributed by atoms with Gasteiger partial charge in [-0.3, -0.25) is 0 Å². The summed E-state index contributed by atoms with van der Waals surface area (Å²) in [6, 6.07) is 11.5. The van der Waals surface area contributed by atoms with Crippen LogP contribution in [-0.4, -0.2) is 12.6 Å². The van der Waals surface area contributed by atoms with Crippen molar-refractivity contribution in [2.45, 2.75) is 39.2 Å². The fourth-order valence-electron chi connectivity index (χ4n) is 2.44. The molecule has 2 rings (SSSR count). The van der Waals surface area contributed by atoms with Crippen molar-refractivity contribution in [1.82, 2.24) is 5.32 Å². The normalized spacial score (nSPS) is 12.8. The van der Waals surface area contributed by atoms with Gasteiger partial charge in [0, 0.05) is 10.5 Å². The first-order chi connectivity index (χ1) is 10.1. The van der Waals surface area contributed by atoms with Crippen molar-refractivity contribution in [3.63, 3.8) is 0 Å². The lowest BCUT2D eigenvalue weighted by molar-refractivity contribution is 0.422. The number of hydrogen-bond acceptors (Lipinski definition) is 2. The van der Waals surface area contributed by atoms with Gasteiger partial charge in [0.15, 0.2) is 0 Å². The first-order valence-corrected chi connectivity index (χ1v) is 9.36. The Labute approximate surface area is 140 Å². The Morgan fingerprint density at radius 2 is 1.86 bits per heavy atom. The largest absolute Gasteiger partial charge is 0.314 e. The van der Waals surface area contributed by atoms with Gasteiger partial charge in [-0.1, -0.05) is 41.9 Å². The lowest BCUT2D eigenvalue weighted by Gasteiger charge is -2.19. The Hall–Kier alpha value is -0.640. The van der Waals surface area contributed by atoms with E-state index in [1.807, 2.05) is 0 Å². The zero-order valence-electron chi connectivity index (χ0n) is 12.8. The summed E-state index contributed by atoms with van der Waals surface area (Å²) in [4.78, 5) is 0. The van der Waals surface area contributed by atoms with Crippen molar-refractivity contribution in [2.24, 2.45) is 5.92 Å². The van der Waals surface area contributed by atoms with Gasteiger partial charge in [0.1, 0.15) is 0 Å². The molecule has 3 heteroatoms. The molecule has 0 spiro atoms. The highest BCUT2D eigenvalue weighted by Crippen LogP contribution is 2.18. The molecule has 0 aliphatic carbocycles. The molecular weight excluding hydrogens is 342 g/mol. The standard InChI is InChI=1S/C18H24BrNS/c1-14(2)20-12-17(4-3-16-9-10-21-13-16)11-15-5-7-18(19)8-6-15/h5-10,13-14,17,20H,3-4,11-12H2,1-2H3. The molecule has 2 aromatic rings. The minimum atomic E-state index is 0.554. The molecule has 1 unspecified atom stereocenters. The van der Waals surface area contributed by atoms with E-state index in [4.69, 9.17) is 0 Å². The summed E-state index contributed by atoms with van der Waals surface area (Å²) in [6.45, 7) is 5.53. The Balaban J connectivity index is 1.92. The summed E-state index contributed by atoms with van der Waals surface area (Å²) in [6.07, 6.45) is 3.58. The van der Waals surface area contributed by atoms with Crippen molar-refractivity contribution in [3.05, 3.63) is 56.7 Å². The number of thiophene rings is 1. The van der Waals surface area contributed by atoms with Crippen molar-refractivity contribution >= 4 is 27.3 Å². The van der Waals surface area contributed by atoms with E-state index in [0.717, 1.165) is 17.4 Å². The van der Waals surface area contributed by atoms with Gasteiger partial charge in [-0.15, -0.1) is 0 Å². The van der Waals surface area contributed by atoms with Crippen LogP contribution in [0.4, 0.5) is 0 Å². The maximum Gasteiger partial charge on any atom is 0.0175 e. The number of rotatable bonds is 8. The van der Waals surface area contributed by atoms with Crippen LogP contribution in [-0.2, 0) is 12.8 Å². The Bertz CT molecular complexity index is 505. The third-order valence-electron chi connectivity index (χ3n) is 3.67.